The van der Waals surface area contributed by atoms with E-state index in [1.54, 1.807) is 6.07 Å². The van der Waals surface area contributed by atoms with Crippen molar-refractivity contribution >= 4 is 10.1 Å². The molecule has 37 heavy (non-hydrogen) atoms. The van der Waals surface area contributed by atoms with Gasteiger partial charge in [-0.15, -0.1) is 0 Å². The van der Waals surface area contributed by atoms with Crippen molar-refractivity contribution in [3.05, 3.63) is 29.8 Å². The van der Waals surface area contributed by atoms with Crippen LogP contribution >= 0.6 is 0 Å². The Bertz CT molecular complexity index is 729. The zero-order valence-electron chi connectivity index (χ0n) is 24.4. The molecule has 1 N–H and O–H groups in total. The number of hydrogen-bond donors (Lipinski definition) is 1. The van der Waals surface area contributed by atoms with Crippen LogP contribution in [0.3, 0.4) is 0 Å². The lowest BCUT2D eigenvalue weighted by molar-refractivity contribution is 0.481. The van der Waals surface area contributed by atoms with E-state index < -0.39 is 10.1 Å². The predicted molar refractivity (Wildman–Crippen MR) is 161 cm³/mol. The fourth-order valence-electron chi connectivity index (χ4n) is 5.42. The Balaban J connectivity index is 1.76. The smallest absolute Gasteiger partial charge is 0.282 e. The number of unbranched alkanes of at least 4 members (excludes halogenated alkanes) is 24. The molecule has 0 saturated heterocycles. The molecule has 0 heterocycles. The molecule has 0 amide bonds. The standard InChI is InChI=1S/C33H60O3S/c1-2-3-4-5-6-7-8-9-10-11-12-13-14-15-16-17-18-19-20-21-22-23-24-25-26-29-32-30-27-28-31-33(32)37(34,35)36/h27-28,30-31H,2-26,29H2,1H3,(H,34,35,36). The van der Waals surface area contributed by atoms with E-state index in [2.05, 4.69) is 6.92 Å². The third-order valence-corrected chi connectivity index (χ3v) is 8.75. The number of rotatable bonds is 27. The fourth-order valence-corrected chi connectivity index (χ4v) is 6.17. The second-order valence-electron chi connectivity index (χ2n) is 11.3. The molecular weight excluding hydrogens is 476 g/mol. The molecule has 0 aliphatic rings. The van der Waals surface area contributed by atoms with Gasteiger partial charge in [-0.1, -0.05) is 179 Å². The van der Waals surface area contributed by atoms with E-state index in [-0.39, 0.29) is 4.90 Å². The maximum atomic E-state index is 11.5. The van der Waals surface area contributed by atoms with Crippen LogP contribution < -0.4 is 0 Å². The van der Waals surface area contributed by atoms with E-state index >= 15 is 0 Å². The highest BCUT2D eigenvalue weighted by atomic mass is 32.2. The van der Waals surface area contributed by atoms with Crippen molar-refractivity contribution < 1.29 is 13.0 Å². The first-order chi connectivity index (χ1) is 18.1. The Hall–Kier alpha value is -0.870. The fraction of sp³-hybridized carbons (Fsp3) is 0.818. The summed E-state index contributed by atoms with van der Waals surface area (Å²) in [5.41, 5.74) is 0.735. The van der Waals surface area contributed by atoms with Crippen LogP contribution in [0, 0.1) is 0 Å². The van der Waals surface area contributed by atoms with Gasteiger partial charge in [-0.3, -0.25) is 4.55 Å². The van der Waals surface area contributed by atoms with Crippen molar-refractivity contribution in [2.75, 3.05) is 0 Å². The Morgan fingerprint density at radius 3 is 1.11 bits per heavy atom. The highest BCUT2D eigenvalue weighted by Gasteiger charge is 2.13. The Labute approximate surface area is 231 Å². The summed E-state index contributed by atoms with van der Waals surface area (Å²) in [6.07, 6.45) is 35.2. The first-order valence-corrected chi connectivity index (χ1v) is 17.5. The molecule has 1 rings (SSSR count). The number of benzene rings is 1. The number of aryl methyl sites for hydroxylation is 1. The maximum absolute atomic E-state index is 11.5. The summed E-state index contributed by atoms with van der Waals surface area (Å²) >= 11 is 0. The average Bonchev–Trinajstić information content (AvgIpc) is 2.88. The molecule has 0 atom stereocenters. The molecule has 0 saturated carbocycles. The van der Waals surface area contributed by atoms with Gasteiger partial charge in [0.05, 0.1) is 4.90 Å². The third-order valence-electron chi connectivity index (χ3n) is 7.80. The van der Waals surface area contributed by atoms with Gasteiger partial charge in [-0.25, -0.2) is 0 Å². The van der Waals surface area contributed by atoms with Gasteiger partial charge in [0, 0.05) is 0 Å². The van der Waals surface area contributed by atoms with Crippen molar-refractivity contribution in [3.63, 3.8) is 0 Å². The van der Waals surface area contributed by atoms with Gasteiger partial charge in [-0.2, -0.15) is 8.42 Å². The summed E-state index contributed by atoms with van der Waals surface area (Å²) in [6.45, 7) is 2.29. The maximum Gasteiger partial charge on any atom is 0.294 e. The molecule has 1 aromatic carbocycles. The highest BCUT2D eigenvalue weighted by Crippen LogP contribution is 2.19. The van der Waals surface area contributed by atoms with Crippen LogP contribution in [0.5, 0.6) is 0 Å². The summed E-state index contributed by atoms with van der Waals surface area (Å²) < 4.78 is 32.2. The van der Waals surface area contributed by atoms with E-state index in [1.807, 2.05) is 12.1 Å². The first-order valence-electron chi connectivity index (χ1n) is 16.1. The normalized spacial score (nSPS) is 11.8. The van der Waals surface area contributed by atoms with Crippen LogP contribution in [-0.4, -0.2) is 13.0 Å². The van der Waals surface area contributed by atoms with Crippen molar-refractivity contribution in [1.82, 2.24) is 0 Å². The lowest BCUT2D eigenvalue weighted by atomic mass is 10.0. The lowest BCUT2D eigenvalue weighted by Crippen LogP contribution is -2.03. The molecule has 0 bridgehead atoms. The highest BCUT2D eigenvalue weighted by molar-refractivity contribution is 7.85. The molecule has 216 valence electrons. The van der Waals surface area contributed by atoms with Crippen LogP contribution in [0.4, 0.5) is 0 Å². The molecule has 4 heteroatoms. The van der Waals surface area contributed by atoms with E-state index in [9.17, 15) is 13.0 Å². The van der Waals surface area contributed by atoms with Gasteiger partial charge in [0.25, 0.3) is 10.1 Å². The summed E-state index contributed by atoms with van der Waals surface area (Å²) in [7, 11) is -4.11. The molecule has 0 radical (unpaired) electrons. The largest absolute Gasteiger partial charge is 0.294 e. The Morgan fingerprint density at radius 1 is 0.486 bits per heavy atom. The molecule has 0 fully saturated rings. The van der Waals surface area contributed by atoms with Gasteiger partial charge in [-0.05, 0) is 24.5 Å². The van der Waals surface area contributed by atoms with Crippen LogP contribution in [0.2, 0.25) is 0 Å². The topological polar surface area (TPSA) is 54.4 Å². The van der Waals surface area contributed by atoms with E-state index in [4.69, 9.17) is 0 Å². The molecule has 0 aliphatic carbocycles. The van der Waals surface area contributed by atoms with Crippen LogP contribution in [0.1, 0.15) is 173 Å². The molecule has 3 nitrogen and oxygen atoms in total. The average molecular weight is 537 g/mol. The van der Waals surface area contributed by atoms with Gasteiger partial charge in [0.1, 0.15) is 0 Å². The molecule has 0 unspecified atom stereocenters. The Kier molecular flexibility index (Phi) is 22.3. The van der Waals surface area contributed by atoms with Gasteiger partial charge >= 0.3 is 0 Å². The second kappa shape index (κ2) is 24.2. The monoisotopic (exact) mass is 536 g/mol. The SMILES string of the molecule is CCCCCCCCCCCCCCCCCCCCCCCCCCCc1ccccc1S(=O)(=O)O. The van der Waals surface area contributed by atoms with Crippen molar-refractivity contribution in [2.45, 2.75) is 179 Å². The lowest BCUT2D eigenvalue weighted by Gasteiger charge is -2.07. The molecule has 1 aromatic rings. The summed E-state index contributed by atoms with van der Waals surface area (Å²) in [5.74, 6) is 0. The molecule has 0 spiro atoms. The second-order valence-corrected chi connectivity index (χ2v) is 12.7. The minimum Gasteiger partial charge on any atom is -0.282 e. The van der Waals surface area contributed by atoms with Crippen LogP contribution in [-0.2, 0) is 16.5 Å². The van der Waals surface area contributed by atoms with Crippen molar-refractivity contribution in [3.8, 4) is 0 Å². The van der Waals surface area contributed by atoms with Gasteiger partial charge in [0.2, 0.25) is 0 Å². The third kappa shape index (κ3) is 20.7. The van der Waals surface area contributed by atoms with Gasteiger partial charge in [0.15, 0.2) is 0 Å². The predicted octanol–water partition coefficient (Wildman–Crippen LogP) is 11.2. The van der Waals surface area contributed by atoms with E-state index in [0.717, 1.165) is 24.8 Å². The van der Waals surface area contributed by atoms with Crippen molar-refractivity contribution in [2.24, 2.45) is 0 Å². The zero-order valence-corrected chi connectivity index (χ0v) is 25.2. The van der Waals surface area contributed by atoms with E-state index in [0.29, 0.717) is 0 Å². The summed E-state index contributed by atoms with van der Waals surface area (Å²) in [5, 5.41) is 0. The van der Waals surface area contributed by atoms with Crippen molar-refractivity contribution in [1.29, 1.82) is 0 Å². The quantitative estimate of drug-likeness (QED) is 0.0898. The number of hydrogen-bond acceptors (Lipinski definition) is 2. The zero-order chi connectivity index (χ0) is 26.9. The van der Waals surface area contributed by atoms with Crippen LogP contribution in [0.15, 0.2) is 29.2 Å². The van der Waals surface area contributed by atoms with Crippen LogP contribution in [0.25, 0.3) is 0 Å². The molecular formula is C33H60O3S. The minimum absolute atomic E-state index is 0.0688. The van der Waals surface area contributed by atoms with E-state index in [1.165, 1.54) is 154 Å². The van der Waals surface area contributed by atoms with Gasteiger partial charge < -0.3 is 0 Å². The Morgan fingerprint density at radius 2 is 0.784 bits per heavy atom. The molecule has 0 aliphatic heterocycles. The first kappa shape index (κ1) is 34.2. The summed E-state index contributed by atoms with van der Waals surface area (Å²) in [4.78, 5) is 0.0688. The summed E-state index contributed by atoms with van der Waals surface area (Å²) in [6, 6.07) is 6.80. The molecule has 0 aromatic heterocycles. The minimum atomic E-state index is -4.11.